The Morgan fingerprint density at radius 2 is 0.674 bits per heavy atom. The summed E-state index contributed by atoms with van der Waals surface area (Å²) >= 11 is 0. The number of amides is 1. The lowest BCUT2D eigenvalue weighted by Crippen LogP contribution is -2.45. The van der Waals surface area contributed by atoms with Crippen molar-refractivity contribution < 1.29 is 32.9 Å². The summed E-state index contributed by atoms with van der Waals surface area (Å²) in [6, 6.07) is -0.932. The molecule has 0 aliphatic rings. The molecule has 0 aliphatic heterocycles. The van der Waals surface area contributed by atoms with Crippen LogP contribution in [-0.2, 0) is 18.4 Å². The van der Waals surface area contributed by atoms with Gasteiger partial charge in [-0.25, -0.2) is 0 Å². The Bertz CT molecular complexity index is 2110. The fraction of sp³-hybridized carbons (Fsp3) is 0.651. The van der Waals surface area contributed by atoms with Gasteiger partial charge in [-0.15, -0.1) is 0 Å². The average Bonchev–Trinajstić information content (AvgIpc) is 2.63. The summed E-state index contributed by atoms with van der Waals surface area (Å²) in [7, 11) is 1.21. The molecule has 0 aromatic heterocycles. The van der Waals surface area contributed by atoms with Crippen LogP contribution in [0.1, 0.15) is 296 Å². The van der Waals surface area contributed by atoms with Crippen LogP contribution >= 0.6 is 7.82 Å². The monoisotopic (exact) mass is 1290 g/mol. The number of allylic oxidation sites excluding steroid dienone is 27. The van der Waals surface area contributed by atoms with Crippen LogP contribution in [0.15, 0.2) is 170 Å². The van der Waals surface area contributed by atoms with Crippen molar-refractivity contribution in [1.29, 1.82) is 0 Å². The number of quaternary nitrogens is 1. The standard InChI is InChI=1S/C83H141N2O6P/c1-6-8-10-12-14-16-18-20-22-24-26-28-30-32-34-36-37-38-39-40-41-42-43-44-45-46-47-49-51-53-55-57-59-61-63-65-67-69-71-73-75-77-83(87)84-81(80-91-92(88,89)90-79-78-85(3,4)5)82(86)76-74-72-70-68-66-64-62-60-58-56-54-52-50-48-35-33-31-29-27-25-23-21-19-17-15-13-11-9-7-2/h8,10,14,16,20,22,26,28,32,34,37-38,40-41,43-44,46-47,51,53,57,59,63,65-66,68,74,76,81-82,86H,6-7,9,11-13,15,17-19,21,23-25,27,29-31,33,35-36,39,42,45,48-50,52,54-56,58,60-62,64,67,69-73,75,77-80H2,1-5H3,(H-,84,87,88,89)/b10-8-,16-14-,22-20-,28-26-,34-32-,38-37-,41-40-,44-43-,47-46-,53-51-,59-57-,65-63-,68-66+,76-74+. The zero-order valence-corrected chi connectivity index (χ0v) is 60.8. The molecule has 0 aromatic rings. The first-order valence-corrected chi connectivity index (χ1v) is 39.0. The summed E-state index contributed by atoms with van der Waals surface area (Å²) < 4.78 is 23.4. The third kappa shape index (κ3) is 73.3. The Labute approximate surface area is 568 Å². The van der Waals surface area contributed by atoms with Gasteiger partial charge >= 0.3 is 0 Å². The number of carbonyl (C=O) groups is 1. The fourth-order valence-corrected chi connectivity index (χ4v) is 10.9. The molecular weight excluding hydrogens is 1150 g/mol. The topological polar surface area (TPSA) is 108 Å². The van der Waals surface area contributed by atoms with E-state index in [1.807, 2.05) is 27.2 Å². The molecular formula is C83H141N2O6P. The van der Waals surface area contributed by atoms with Crippen LogP contribution in [0.3, 0.4) is 0 Å². The number of phosphoric acid groups is 1. The normalized spacial score (nSPS) is 14.6. The van der Waals surface area contributed by atoms with Gasteiger partial charge in [-0.2, -0.15) is 0 Å². The van der Waals surface area contributed by atoms with E-state index in [0.29, 0.717) is 23.9 Å². The van der Waals surface area contributed by atoms with Crippen LogP contribution < -0.4 is 10.2 Å². The molecule has 0 radical (unpaired) electrons. The Kier molecular flexibility index (Phi) is 68.0. The molecule has 0 bridgehead atoms. The second-order valence-electron chi connectivity index (χ2n) is 25.9. The van der Waals surface area contributed by atoms with Crippen molar-refractivity contribution in [3.63, 3.8) is 0 Å². The second kappa shape index (κ2) is 71.2. The lowest BCUT2D eigenvalue weighted by molar-refractivity contribution is -0.870. The first-order valence-electron chi connectivity index (χ1n) is 37.5. The van der Waals surface area contributed by atoms with Gasteiger partial charge in [0.15, 0.2) is 0 Å². The lowest BCUT2D eigenvalue weighted by Gasteiger charge is -2.29. The van der Waals surface area contributed by atoms with Crippen molar-refractivity contribution >= 4 is 13.7 Å². The molecule has 0 aliphatic carbocycles. The molecule has 524 valence electrons. The predicted molar refractivity (Wildman–Crippen MR) is 403 cm³/mol. The van der Waals surface area contributed by atoms with E-state index in [-0.39, 0.29) is 12.5 Å². The highest BCUT2D eigenvalue weighted by Crippen LogP contribution is 2.38. The Morgan fingerprint density at radius 3 is 1.01 bits per heavy atom. The van der Waals surface area contributed by atoms with Crippen LogP contribution in [0.2, 0.25) is 0 Å². The maximum absolute atomic E-state index is 13.0. The second-order valence-corrected chi connectivity index (χ2v) is 27.3. The molecule has 0 fully saturated rings. The smallest absolute Gasteiger partial charge is 0.268 e. The molecule has 0 aromatic carbocycles. The molecule has 1 amide bonds. The van der Waals surface area contributed by atoms with Gasteiger partial charge in [0.05, 0.1) is 39.9 Å². The highest BCUT2D eigenvalue weighted by atomic mass is 31.2. The van der Waals surface area contributed by atoms with E-state index in [9.17, 15) is 19.4 Å². The largest absolute Gasteiger partial charge is 0.756 e. The Hall–Kier alpha value is -4.14. The molecule has 8 nitrogen and oxygen atoms in total. The molecule has 0 spiro atoms. The van der Waals surface area contributed by atoms with Crippen molar-refractivity contribution in [2.24, 2.45) is 0 Å². The fourth-order valence-electron chi connectivity index (χ4n) is 10.2. The van der Waals surface area contributed by atoms with Gasteiger partial charge in [0.25, 0.3) is 7.82 Å². The minimum Gasteiger partial charge on any atom is -0.756 e. The number of hydrogen-bond acceptors (Lipinski definition) is 6. The predicted octanol–water partition coefficient (Wildman–Crippen LogP) is 24.0. The van der Waals surface area contributed by atoms with Crippen LogP contribution in [0, 0.1) is 0 Å². The van der Waals surface area contributed by atoms with Gasteiger partial charge in [-0.05, 0) is 122 Å². The minimum absolute atomic E-state index is 0.0203. The third-order valence-corrected chi connectivity index (χ3v) is 16.9. The maximum atomic E-state index is 13.0. The van der Waals surface area contributed by atoms with Gasteiger partial charge in [-0.3, -0.25) is 9.36 Å². The zero-order chi connectivity index (χ0) is 66.9. The van der Waals surface area contributed by atoms with E-state index in [4.69, 9.17) is 9.05 Å². The lowest BCUT2D eigenvalue weighted by atomic mass is 10.0. The molecule has 92 heavy (non-hydrogen) atoms. The quantitative estimate of drug-likeness (QED) is 0.0272. The molecule has 2 N–H and O–H groups in total. The van der Waals surface area contributed by atoms with Crippen LogP contribution in [0.5, 0.6) is 0 Å². The summed E-state index contributed by atoms with van der Waals surface area (Å²) in [5, 5.41) is 13.9. The number of aliphatic hydroxyl groups excluding tert-OH is 1. The number of hydrogen-bond donors (Lipinski definition) is 2. The number of unbranched alkanes of at least 4 members (excludes halogenated alkanes) is 28. The minimum atomic E-state index is -4.63. The Morgan fingerprint density at radius 1 is 0.391 bits per heavy atom. The van der Waals surface area contributed by atoms with Crippen molar-refractivity contribution in [2.75, 3.05) is 40.9 Å². The first kappa shape index (κ1) is 87.9. The molecule has 0 saturated heterocycles. The van der Waals surface area contributed by atoms with E-state index < -0.39 is 26.6 Å². The number of rotatable bonds is 67. The highest BCUT2D eigenvalue weighted by molar-refractivity contribution is 7.45. The first-order chi connectivity index (χ1) is 45.0. The van der Waals surface area contributed by atoms with E-state index in [0.717, 1.165) is 122 Å². The van der Waals surface area contributed by atoms with Gasteiger partial charge in [0, 0.05) is 6.42 Å². The molecule has 9 heteroatoms. The summed E-state index contributed by atoms with van der Waals surface area (Å²) in [6.45, 7) is 4.50. The van der Waals surface area contributed by atoms with E-state index in [2.05, 4.69) is 177 Å². The molecule has 0 saturated carbocycles. The van der Waals surface area contributed by atoms with Crippen molar-refractivity contribution in [3.8, 4) is 0 Å². The molecule has 0 heterocycles. The number of nitrogens with one attached hydrogen (secondary N) is 1. The van der Waals surface area contributed by atoms with Crippen molar-refractivity contribution in [1.82, 2.24) is 5.32 Å². The molecule has 3 unspecified atom stereocenters. The van der Waals surface area contributed by atoms with Crippen molar-refractivity contribution in [2.45, 2.75) is 309 Å². The van der Waals surface area contributed by atoms with Crippen LogP contribution in [0.25, 0.3) is 0 Å². The number of aliphatic hydroxyl groups is 1. The number of carbonyl (C=O) groups excluding carboxylic acids is 1. The summed E-state index contributed by atoms with van der Waals surface area (Å²) in [4.78, 5) is 25.7. The summed E-state index contributed by atoms with van der Waals surface area (Å²) in [5.74, 6) is -0.236. The number of phosphoric ester groups is 1. The molecule has 0 rings (SSSR count). The SMILES string of the molecule is CC/C=C\C/C=C\C/C=C\C/C=C\C/C=C\C/C=C\C/C=C\C/C=C\C/C=C\C/C=C\C/C=C\C/C=C\CCCCCCC(=O)NC(COP(=O)([O-])OCC[N+](C)(C)C)C(O)/C=C/CC/C=C/CCCCCCCCCCCCCCCCCCCCCCCCC. The van der Waals surface area contributed by atoms with Gasteiger partial charge < -0.3 is 28.8 Å². The van der Waals surface area contributed by atoms with E-state index >= 15 is 0 Å². The zero-order valence-electron chi connectivity index (χ0n) is 59.9. The van der Waals surface area contributed by atoms with Crippen LogP contribution in [-0.4, -0.2) is 68.5 Å². The summed E-state index contributed by atoms with van der Waals surface area (Å²) in [6.07, 6.45) is 112. The average molecular weight is 1290 g/mol. The van der Waals surface area contributed by atoms with E-state index in [1.54, 1.807) is 6.08 Å². The number of likely N-dealkylation sites (N-methyl/N-ethyl adjacent to an activating group) is 1. The summed E-state index contributed by atoms with van der Waals surface area (Å²) in [5.41, 5.74) is 0. The third-order valence-electron chi connectivity index (χ3n) is 15.9. The van der Waals surface area contributed by atoms with Gasteiger partial charge in [-0.1, -0.05) is 338 Å². The maximum Gasteiger partial charge on any atom is 0.268 e. The van der Waals surface area contributed by atoms with Gasteiger partial charge in [0.1, 0.15) is 13.2 Å². The van der Waals surface area contributed by atoms with Crippen molar-refractivity contribution in [3.05, 3.63) is 170 Å². The molecule has 3 atom stereocenters. The van der Waals surface area contributed by atoms with E-state index in [1.165, 1.54) is 148 Å². The number of nitrogens with zero attached hydrogens (tertiary/aromatic N) is 1. The van der Waals surface area contributed by atoms with Crippen LogP contribution in [0.4, 0.5) is 0 Å². The Balaban J connectivity index is 4.21. The van der Waals surface area contributed by atoms with Gasteiger partial charge in [0.2, 0.25) is 5.91 Å². The highest BCUT2D eigenvalue weighted by Gasteiger charge is 2.23.